The molecule has 1 N–H and O–H groups in total. The molecular formula is C29H21N3O6. The molecule has 0 spiro atoms. The van der Waals surface area contributed by atoms with Crippen LogP contribution < -0.4 is 15.0 Å². The number of benzene rings is 4. The summed E-state index contributed by atoms with van der Waals surface area (Å²) < 4.78 is 6.01. The lowest BCUT2D eigenvalue weighted by molar-refractivity contribution is -0.384. The van der Waals surface area contributed by atoms with Crippen molar-refractivity contribution in [2.75, 3.05) is 4.90 Å². The van der Waals surface area contributed by atoms with Gasteiger partial charge in [0.25, 0.3) is 17.5 Å². The second kappa shape index (κ2) is 9.98. The number of nitro groups is 1. The molecular weight excluding hydrogens is 486 g/mol. The smallest absolute Gasteiger partial charge is 0.335 e. The van der Waals surface area contributed by atoms with Gasteiger partial charge < -0.3 is 4.74 Å². The van der Waals surface area contributed by atoms with Crippen molar-refractivity contribution in [2.45, 2.75) is 13.5 Å². The Kier molecular flexibility index (Phi) is 6.40. The fourth-order valence-electron chi connectivity index (χ4n) is 4.26. The van der Waals surface area contributed by atoms with Crippen LogP contribution in [-0.4, -0.2) is 22.8 Å². The SMILES string of the molecule is Cc1ccc2ccccc2c1COc1ccc(/C=C2\C(=O)NC(=O)N(c3cccc([N+](=O)[O-])c3)C2=O)cc1. The average molecular weight is 508 g/mol. The van der Waals surface area contributed by atoms with Gasteiger partial charge in [0.1, 0.15) is 17.9 Å². The van der Waals surface area contributed by atoms with Crippen LogP contribution in [0, 0.1) is 17.0 Å². The fourth-order valence-corrected chi connectivity index (χ4v) is 4.26. The number of urea groups is 1. The number of carbonyl (C=O) groups is 3. The molecule has 1 heterocycles. The zero-order chi connectivity index (χ0) is 26.8. The van der Waals surface area contributed by atoms with Gasteiger partial charge in [0.15, 0.2) is 0 Å². The summed E-state index contributed by atoms with van der Waals surface area (Å²) in [6, 6.07) is 23.1. The predicted octanol–water partition coefficient (Wildman–Crippen LogP) is 5.30. The number of nitro benzene ring substituents is 1. The van der Waals surface area contributed by atoms with Crippen molar-refractivity contribution in [2.24, 2.45) is 0 Å². The van der Waals surface area contributed by atoms with Crippen LogP contribution in [0.2, 0.25) is 0 Å². The van der Waals surface area contributed by atoms with Gasteiger partial charge in [-0.05, 0) is 53.1 Å². The first-order chi connectivity index (χ1) is 18.3. The topological polar surface area (TPSA) is 119 Å². The monoisotopic (exact) mass is 507 g/mol. The third-order valence-corrected chi connectivity index (χ3v) is 6.25. The summed E-state index contributed by atoms with van der Waals surface area (Å²) in [7, 11) is 0. The lowest BCUT2D eigenvalue weighted by Crippen LogP contribution is -2.54. The molecule has 0 aliphatic carbocycles. The van der Waals surface area contributed by atoms with E-state index in [1.165, 1.54) is 24.3 Å². The maximum absolute atomic E-state index is 13.1. The molecule has 0 radical (unpaired) electrons. The minimum Gasteiger partial charge on any atom is -0.489 e. The zero-order valence-electron chi connectivity index (χ0n) is 20.2. The maximum Gasteiger partial charge on any atom is 0.335 e. The molecule has 0 saturated carbocycles. The number of anilines is 1. The van der Waals surface area contributed by atoms with E-state index in [4.69, 9.17) is 4.74 Å². The molecule has 1 aliphatic rings. The molecule has 0 atom stereocenters. The maximum atomic E-state index is 13.1. The van der Waals surface area contributed by atoms with E-state index < -0.39 is 22.8 Å². The summed E-state index contributed by atoms with van der Waals surface area (Å²) in [4.78, 5) is 49.1. The average Bonchev–Trinajstić information content (AvgIpc) is 2.91. The van der Waals surface area contributed by atoms with Gasteiger partial charge in [0.05, 0.1) is 10.6 Å². The first-order valence-corrected chi connectivity index (χ1v) is 11.7. The van der Waals surface area contributed by atoms with Crippen LogP contribution in [0.4, 0.5) is 16.2 Å². The number of carbonyl (C=O) groups excluding carboxylic acids is 3. The van der Waals surface area contributed by atoms with Gasteiger partial charge >= 0.3 is 6.03 Å². The number of nitrogens with zero attached hydrogens (tertiary/aromatic N) is 2. The Bertz CT molecular complexity index is 1640. The van der Waals surface area contributed by atoms with Crippen molar-refractivity contribution in [3.63, 3.8) is 0 Å². The molecule has 1 fully saturated rings. The number of amides is 4. The molecule has 0 bridgehead atoms. The minimum absolute atomic E-state index is 0.0208. The van der Waals surface area contributed by atoms with Gasteiger partial charge in [0, 0.05) is 17.7 Å². The number of aryl methyl sites for hydroxylation is 1. The summed E-state index contributed by atoms with van der Waals surface area (Å²) >= 11 is 0. The van der Waals surface area contributed by atoms with Crippen LogP contribution in [0.15, 0.2) is 90.5 Å². The highest BCUT2D eigenvalue weighted by atomic mass is 16.6. The Morgan fingerprint density at radius 3 is 2.47 bits per heavy atom. The van der Waals surface area contributed by atoms with E-state index in [-0.39, 0.29) is 16.9 Å². The number of imide groups is 2. The standard InChI is InChI=1S/C29H21N3O6/c1-18-9-12-20-5-2-3-8-24(20)26(18)17-38-23-13-10-19(11-14-23)15-25-27(33)30-29(35)31(28(25)34)21-6-4-7-22(16-21)32(36)37/h2-16H,17H2,1H3,(H,30,33,35)/b25-15+. The molecule has 0 aromatic heterocycles. The molecule has 1 saturated heterocycles. The Labute approximate surface area is 217 Å². The number of nitrogens with one attached hydrogen (secondary N) is 1. The van der Waals surface area contributed by atoms with E-state index in [1.54, 1.807) is 24.3 Å². The van der Waals surface area contributed by atoms with Gasteiger partial charge in [-0.2, -0.15) is 0 Å². The minimum atomic E-state index is -0.981. The van der Waals surface area contributed by atoms with Gasteiger partial charge in [-0.1, -0.05) is 54.6 Å². The van der Waals surface area contributed by atoms with Crippen LogP contribution in [0.5, 0.6) is 5.75 Å². The number of non-ortho nitro benzene ring substituents is 1. The number of hydrogen-bond donors (Lipinski definition) is 1. The molecule has 1 aliphatic heterocycles. The highest BCUT2D eigenvalue weighted by molar-refractivity contribution is 6.39. The van der Waals surface area contributed by atoms with Crippen LogP contribution in [0.25, 0.3) is 16.8 Å². The molecule has 9 nitrogen and oxygen atoms in total. The third-order valence-electron chi connectivity index (χ3n) is 6.25. The van der Waals surface area contributed by atoms with Gasteiger partial charge in [-0.3, -0.25) is 25.0 Å². The predicted molar refractivity (Wildman–Crippen MR) is 142 cm³/mol. The van der Waals surface area contributed by atoms with Crippen LogP contribution in [0.3, 0.4) is 0 Å². The molecule has 38 heavy (non-hydrogen) atoms. The first-order valence-electron chi connectivity index (χ1n) is 11.7. The highest BCUT2D eigenvalue weighted by Crippen LogP contribution is 2.27. The second-order valence-electron chi connectivity index (χ2n) is 8.67. The number of rotatable bonds is 6. The fraction of sp³-hybridized carbons (Fsp3) is 0.0690. The summed E-state index contributed by atoms with van der Waals surface area (Å²) in [5.41, 5.74) is 2.15. The lowest BCUT2D eigenvalue weighted by Gasteiger charge is -2.26. The number of hydrogen-bond acceptors (Lipinski definition) is 6. The molecule has 4 amide bonds. The van der Waals surface area contributed by atoms with Gasteiger partial charge in [-0.25, -0.2) is 9.69 Å². The summed E-state index contributed by atoms with van der Waals surface area (Å²) in [5.74, 6) is -1.13. The molecule has 4 aromatic rings. The van der Waals surface area contributed by atoms with Crippen LogP contribution in [-0.2, 0) is 16.2 Å². The quantitative estimate of drug-likeness (QED) is 0.164. The largest absolute Gasteiger partial charge is 0.489 e. The van der Waals surface area contributed by atoms with Crippen molar-refractivity contribution in [3.05, 3.63) is 117 Å². The van der Waals surface area contributed by atoms with E-state index >= 15 is 0 Å². The molecule has 9 heteroatoms. The molecule has 4 aromatic carbocycles. The summed E-state index contributed by atoms with van der Waals surface area (Å²) in [5, 5.41) is 15.5. The van der Waals surface area contributed by atoms with Crippen molar-refractivity contribution in [1.82, 2.24) is 5.32 Å². The van der Waals surface area contributed by atoms with E-state index in [2.05, 4.69) is 29.6 Å². The number of fused-ring (bicyclic) bond motifs is 1. The van der Waals surface area contributed by atoms with Gasteiger partial charge in [-0.15, -0.1) is 0 Å². The van der Waals surface area contributed by atoms with Crippen LogP contribution in [0.1, 0.15) is 16.7 Å². The van der Waals surface area contributed by atoms with Crippen molar-refractivity contribution in [3.8, 4) is 5.75 Å². The third kappa shape index (κ3) is 4.72. The normalized spacial score (nSPS) is 14.6. The van der Waals surface area contributed by atoms with Crippen molar-refractivity contribution in [1.29, 1.82) is 0 Å². The lowest BCUT2D eigenvalue weighted by atomic mass is 10.0. The van der Waals surface area contributed by atoms with E-state index in [0.29, 0.717) is 22.8 Å². The summed E-state index contributed by atoms with van der Waals surface area (Å²) in [6.45, 7) is 2.41. The van der Waals surface area contributed by atoms with Crippen LogP contribution >= 0.6 is 0 Å². The molecule has 0 unspecified atom stereocenters. The summed E-state index contributed by atoms with van der Waals surface area (Å²) in [6.07, 6.45) is 1.35. The second-order valence-corrected chi connectivity index (χ2v) is 8.67. The number of barbiturate groups is 1. The van der Waals surface area contributed by atoms with E-state index in [0.717, 1.165) is 28.0 Å². The Morgan fingerprint density at radius 2 is 1.71 bits per heavy atom. The Morgan fingerprint density at radius 1 is 0.947 bits per heavy atom. The molecule has 188 valence electrons. The molecule has 5 rings (SSSR count). The Hall–Kier alpha value is -5.31. The van der Waals surface area contributed by atoms with E-state index in [1.807, 2.05) is 19.1 Å². The highest BCUT2D eigenvalue weighted by Gasteiger charge is 2.37. The van der Waals surface area contributed by atoms with Crippen molar-refractivity contribution >= 4 is 46.1 Å². The van der Waals surface area contributed by atoms with Gasteiger partial charge in [0.2, 0.25) is 0 Å². The first kappa shape index (κ1) is 24.4. The van der Waals surface area contributed by atoms with E-state index in [9.17, 15) is 24.5 Å². The Balaban J connectivity index is 1.36. The number of ether oxygens (including phenoxy) is 1. The zero-order valence-corrected chi connectivity index (χ0v) is 20.2. The van der Waals surface area contributed by atoms with Crippen molar-refractivity contribution < 1.29 is 24.0 Å².